The number of halogens is 5. The maximum Gasteiger partial charge on any atom is 0.433 e. The number of carbonyl (C=O) groups excluding carboxylic acids is 1. The number of carbonyl (C=O) groups is 1. The summed E-state index contributed by atoms with van der Waals surface area (Å²) >= 11 is 5.68. The lowest BCUT2D eigenvalue weighted by Gasteiger charge is -2.18. The number of nitrogens with two attached hydrogens (primary N) is 1. The van der Waals surface area contributed by atoms with Crippen LogP contribution in [0.3, 0.4) is 0 Å². The van der Waals surface area contributed by atoms with E-state index in [1.165, 1.54) is 0 Å². The highest BCUT2D eigenvalue weighted by Crippen LogP contribution is 2.30. The SMILES string of the molecule is CC(C)c1nc2ccccc2n1CC(=O)N/C(N)=C(/C(=N)C(F)(F)F)c1ccc(Cl)cc1F. The lowest BCUT2D eigenvalue weighted by Crippen LogP contribution is -2.35. The van der Waals surface area contributed by atoms with Gasteiger partial charge in [-0.15, -0.1) is 0 Å². The molecule has 0 spiro atoms. The fourth-order valence-corrected chi connectivity index (χ4v) is 3.50. The van der Waals surface area contributed by atoms with Crippen LogP contribution in [0.2, 0.25) is 5.02 Å². The largest absolute Gasteiger partial charge is 0.433 e. The van der Waals surface area contributed by atoms with Crippen LogP contribution in [-0.4, -0.2) is 27.3 Å². The summed E-state index contributed by atoms with van der Waals surface area (Å²) in [5, 5.41) is 9.65. The smallest absolute Gasteiger partial charge is 0.385 e. The first kappa shape index (κ1) is 24.2. The van der Waals surface area contributed by atoms with E-state index in [1.54, 1.807) is 28.8 Å². The van der Waals surface area contributed by atoms with Gasteiger partial charge in [0, 0.05) is 16.5 Å². The molecule has 1 amide bonds. The van der Waals surface area contributed by atoms with Crippen LogP contribution in [0, 0.1) is 11.2 Å². The first-order valence-corrected chi connectivity index (χ1v) is 10.1. The zero-order valence-corrected chi connectivity index (χ0v) is 18.4. The number of rotatable bonds is 6. The highest BCUT2D eigenvalue weighted by molar-refractivity contribution is 6.31. The molecular weight excluding hydrogens is 462 g/mol. The predicted molar refractivity (Wildman–Crippen MR) is 118 cm³/mol. The van der Waals surface area contributed by atoms with Gasteiger partial charge in [-0.25, -0.2) is 9.37 Å². The maximum absolute atomic E-state index is 14.4. The number of aromatic nitrogens is 2. The molecule has 0 atom stereocenters. The van der Waals surface area contributed by atoms with Crippen molar-refractivity contribution < 1.29 is 22.4 Å². The maximum atomic E-state index is 14.4. The second-order valence-electron chi connectivity index (χ2n) is 7.53. The number of nitrogens with one attached hydrogen (secondary N) is 2. The molecule has 0 aliphatic rings. The molecule has 0 aliphatic carbocycles. The zero-order chi connectivity index (χ0) is 24.5. The molecular formula is C22H20ClF4N5O. The van der Waals surface area contributed by atoms with Gasteiger partial charge in [-0.05, 0) is 30.3 Å². The minimum absolute atomic E-state index is 0.0461. The second kappa shape index (κ2) is 9.22. The number of alkyl halides is 3. The first-order valence-electron chi connectivity index (χ1n) is 9.76. The number of imidazole rings is 1. The molecule has 3 rings (SSSR count). The molecule has 0 saturated carbocycles. The summed E-state index contributed by atoms with van der Waals surface area (Å²) in [5.41, 5.74) is 3.57. The first-order chi connectivity index (χ1) is 15.4. The van der Waals surface area contributed by atoms with E-state index in [0.29, 0.717) is 16.9 Å². The summed E-state index contributed by atoms with van der Waals surface area (Å²) in [4.78, 5) is 17.2. The minimum Gasteiger partial charge on any atom is -0.385 e. The fraction of sp³-hybridized carbons (Fsp3) is 0.227. The molecule has 0 radical (unpaired) electrons. The monoisotopic (exact) mass is 481 g/mol. The average molecular weight is 482 g/mol. The highest BCUT2D eigenvalue weighted by atomic mass is 35.5. The lowest BCUT2D eigenvalue weighted by atomic mass is 10.00. The average Bonchev–Trinajstić information content (AvgIpc) is 3.07. The van der Waals surface area contributed by atoms with Crippen LogP contribution in [0.15, 0.2) is 48.3 Å². The summed E-state index contributed by atoms with van der Waals surface area (Å²) < 4.78 is 56.0. The van der Waals surface area contributed by atoms with Crippen LogP contribution in [0.25, 0.3) is 16.6 Å². The van der Waals surface area contributed by atoms with Gasteiger partial charge in [0.15, 0.2) is 0 Å². The van der Waals surface area contributed by atoms with E-state index in [0.717, 1.165) is 18.2 Å². The Morgan fingerprint density at radius 2 is 1.91 bits per heavy atom. The molecule has 0 unspecified atom stereocenters. The van der Waals surface area contributed by atoms with Gasteiger partial charge in [0.2, 0.25) is 5.91 Å². The quantitative estimate of drug-likeness (QED) is 0.342. The van der Waals surface area contributed by atoms with Crippen LogP contribution >= 0.6 is 11.6 Å². The van der Waals surface area contributed by atoms with E-state index in [4.69, 9.17) is 22.7 Å². The Morgan fingerprint density at radius 3 is 2.52 bits per heavy atom. The number of hydrogen-bond donors (Lipinski definition) is 3. The van der Waals surface area contributed by atoms with E-state index in [9.17, 15) is 22.4 Å². The molecule has 3 aromatic rings. The van der Waals surface area contributed by atoms with Crippen LogP contribution in [-0.2, 0) is 11.3 Å². The van der Waals surface area contributed by atoms with Gasteiger partial charge in [-0.3, -0.25) is 10.2 Å². The van der Waals surface area contributed by atoms with Crippen LogP contribution in [0.4, 0.5) is 17.6 Å². The molecule has 174 valence electrons. The molecule has 11 heteroatoms. The van der Waals surface area contributed by atoms with Crippen molar-refractivity contribution in [2.75, 3.05) is 0 Å². The van der Waals surface area contributed by atoms with Gasteiger partial charge < -0.3 is 15.6 Å². The van der Waals surface area contributed by atoms with Crippen molar-refractivity contribution in [3.05, 3.63) is 70.5 Å². The van der Waals surface area contributed by atoms with Crippen molar-refractivity contribution in [2.24, 2.45) is 5.73 Å². The predicted octanol–water partition coefficient (Wildman–Crippen LogP) is 4.98. The molecule has 4 N–H and O–H groups in total. The third-order valence-corrected chi connectivity index (χ3v) is 5.01. The number of para-hydroxylation sites is 2. The normalized spacial score (nSPS) is 12.7. The van der Waals surface area contributed by atoms with Gasteiger partial charge in [0.05, 0.1) is 16.6 Å². The Balaban J connectivity index is 2.01. The van der Waals surface area contributed by atoms with Crippen LogP contribution in [0.5, 0.6) is 0 Å². The third-order valence-electron chi connectivity index (χ3n) is 4.78. The topological polar surface area (TPSA) is 96.8 Å². The van der Waals surface area contributed by atoms with Crippen molar-refractivity contribution >= 4 is 39.8 Å². The Morgan fingerprint density at radius 1 is 1.24 bits per heavy atom. The Labute approximate surface area is 191 Å². The van der Waals surface area contributed by atoms with Gasteiger partial charge in [-0.2, -0.15) is 13.2 Å². The number of amides is 1. The Hall–Kier alpha value is -3.40. The van der Waals surface area contributed by atoms with Gasteiger partial charge in [0.1, 0.15) is 29.7 Å². The van der Waals surface area contributed by atoms with E-state index in [-0.39, 0.29) is 17.5 Å². The standard InChI is InChI=1S/C22H20ClF4N5O/c1-11(2)21-30-15-5-3-4-6-16(15)32(21)10-17(33)31-20(29)18(19(28)22(25,26)27)13-8-7-12(23)9-14(13)24/h3-9,11,28H,10,29H2,1-2H3,(H,31,33)/b20-18+,28-19?. The van der Waals surface area contributed by atoms with E-state index in [1.807, 2.05) is 13.8 Å². The summed E-state index contributed by atoms with van der Waals surface area (Å²) in [5.74, 6) is -2.14. The molecule has 2 aromatic carbocycles. The number of fused-ring (bicyclic) bond motifs is 1. The minimum atomic E-state index is -5.14. The van der Waals surface area contributed by atoms with Crippen molar-refractivity contribution in [2.45, 2.75) is 32.5 Å². The lowest BCUT2D eigenvalue weighted by molar-refractivity contribution is -0.120. The van der Waals surface area contributed by atoms with Crippen molar-refractivity contribution in [1.82, 2.24) is 14.9 Å². The van der Waals surface area contributed by atoms with Gasteiger partial charge in [-0.1, -0.05) is 37.6 Å². The number of nitrogens with zero attached hydrogens (tertiary/aromatic N) is 2. The summed E-state index contributed by atoms with van der Waals surface area (Å²) in [6.07, 6.45) is -5.14. The van der Waals surface area contributed by atoms with Crippen LogP contribution < -0.4 is 11.1 Å². The molecule has 1 aromatic heterocycles. The molecule has 6 nitrogen and oxygen atoms in total. The van der Waals surface area contributed by atoms with E-state index >= 15 is 0 Å². The van der Waals surface area contributed by atoms with Crippen molar-refractivity contribution in [1.29, 1.82) is 5.41 Å². The molecule has 0 fully saturated rings. The molecule has 33 heavy (non-hydrogen) atoms. The van der Waals surface area contributed by atoms with Crippen molar-refractivity contribution in [3.63, 3.8) is 0 Å². The fourth-order valence-electron chi connectivity index (χ4n) is 3.35. The number of hydrogen-bond acceptors (Lipinski definition) is 4. The highest BCUT2D eigenvalue weighted by Gasteiger charge is 2.39. The zero-order valence-electron chi connectivity index (χ0n) is 17.6. The molecule has 0 aliphatic heterocycles. The number of allylic oxidation sites excluding steroid dienone is 1. The third kappa shape index (κ3) is 5.16. The van der Waals surface area contributed by atoms with Gasteiger partial charge >= 0.3 is 6.18 Å². The summed E-state index contributed by atoms with van der Waals surface area (Å²) in [6, 6.07) is 10.0. The molecule has 1 heterocycles. The van der Waals surface area contributed by atoms with Gasteiger partial charge in [0.25, 0.3) is 0 Å². The Bertz CT molecular complexity index is 1260. The van der Waals surface area contributed by atoms with Crippen LogP contribution in [0.1, 0.15) is 31.2 Å². The number of benzene rings is 2. The second-order valence-corrected chi connectivity index (χ2v) is 7.97. The molecule has 0 saturated heterocycles. The molecule has 0 bridgehead atoms. The van der Waals surface area contributed by atoms with Crippen molar-refractivity contribution in [3.8, 4) is 0 Å². The van der Waals surface area contributed by atoms with E-state index in [2.05, 4.69) is 10.3 Å². The summed E-state index contributed by atoms with van der Waals surface area (Å²) in [7, 11) is 0. The Kier molecular flexibility index (Phi) is 6.78. The van der Waals surface area contributed by atoms with E-state index < -0.39 is 40.6 Å². The summed E-state index contributed by atoms with van der Waals surface area (Å²) in [6.45, 7) is 3.47.